The van der Waals surface area contributed by atoms with Gasteiger partial charge in [-0.05, 0) is 38.8 Å². The summed E-state index contributed by atoms with van der Waals surface area (Å²) < 4.78 is 17.0. The summed E-state index contributed by atoms with van der Waals surface area (Å²) >= 11 is 0. The highest BCUT2D eigenvalue weighted by atomic mass is 16.5. The molecule has 2 fully saturated rings. The Morgan fingerprint density at radius 1 is 1.25 bits per heavy atom. The molecule has 1 aromatic carbocycles. The highest BCUT2D eigenvalue weighted by Crippen LogP contribution is 2.49. The SMILES string of the molecule is CCOCC(=O)N1CC(c2nnc(-c3ccc(C)cc3)o2)C2(CCOCC2)C1. The van der Waals surface area contributed by atoms with E-state index < -0.39 is 0 Å². The number of likely N-dealkylation sites (tertiary alicyclic amines) is 1. The molecule has 7 nitrogen and oxygen atoms in total. The van der Waals surface area contributed by atoms with Crippen molar-refractivity contribution in [3.8, 4) is 11.5 Å². The van der Waals surface area contributed by atoms with E-state index in [4.69, 9.17) is 13.9 Å². The molecule has 0 aliphatic carbocycles. The predicted molar refractivity (Wildman–Crippen MR) is 103 cm³/mol. The molecule has 1 atom stereocenters. The Balaban J connectivity index is 1.59. The summed E-state index contributed by atoms with van der Waals surface area (Å²) in [7, 11) is 0. The highest BCUT2D eigenvalue weighted by molar-refractivity contribution is 5.78. The third-order valence-electron chi connectivity index (χ3n) is 5.96. The smallest absolute Gasteiger partial charge is 0.248 e. The zero-order valence-electron chi connectivity index (χ0n) is 16.5. The van der Waals surface area contributed by atoms with E-state index in [0.717, 1.165) is 18.4 Å². The lowest BCUT2D eigenvalue weighted by atomic mass is 9.72. The molecule has 1 aromatic heterocycles. The second-order valence-corrected chi connectivity index (χ2v) is 7.75. The van der Waals surface area contributed by atoms with E-state index in [9.17, 15) is 4.79 Å². The van der Waals surface area contributed by atoms with Crippen molar-refractivity contribution in [2.75, 3.05) is 39.5 Å². The number of benzene rings is 1. The normalized spacial score (nSPS) is 21.4. The predicted octanol–water partition coefficient (Wildman–Crippen LogP) is 2.80. The van der Waals surface area contributed by atoms with Crippen molar-refractivity contribution >= 4 is 5.91 Å². The second kappa shape index (κ2) is 8.01. The van der Waals surface area contributed by atoms with Crippen molar-refractivity contribution in [2.24, 2.45) is 5.41 Å². The molecule has 3 heterocycles. The summed E-state index contributed by atoms with van der Waals surface area (Å²) in [5.41, 5.74) is 2.02. The summed E-state index contributed by atoms with van der Waals surface area (Å²) in [6.07, 6.45) is 1.77. The van der Waals surface area contributed by atoms with Gasteiger partial charge < -0.3 is 18.8 Å². The average molecular weight is 385 g/mol. The lowest BCUT2D eigenvalue weighted by Crippen LogP contribution is -2.38. The van der Waals surface area contributed by atoms with Crippen molar-refractivity contribution in [2.45, 2.75) is 32.6 Å². The van der Waals surface area contributed by atoms with Crippen LogP contribution in [0.5, 0.6) is 0 Å². The van der Waals surface area contributed by atoms with E-state index in [1.807, 2.05) is 43.0 Å². The van der Waals surface area contributed by atoms with Crippen LogP contribution in [0.3, 0.4) is 0 Å². The maximum atomic E-state index is 12.6. The molecule has 0 N–H and O–H groups in total. The fourth-order valence-corrected chi connectivity index (χ4v) is 4.25. The van der Waals surface area contributed by atoms with Gasteiger partial charge in [0.1, 0.15) is 6.61 Å². The molecule has 0 saturated carbocycles. The van der Waals surface area contributed by atoms with Crippen molar-refractivity contribution in [3.63, 3.8) is 0 Å². The number of aromatic nitrogens is 2. The molecule has 2 saturated heterocycles. The van der Waals surface area contributed by atoms with E-state index in [0.29, 0.717) is 44.7 Å². The fourth-order valence-electron chi connectivity index (χ4n) is 4.25. The van der Waals surface area contributed by atoms with Gasteiger partial charge in [-0.3, -0.25) is 4.79 Å². The monoisotopic (exact) mass is 385 g/mol. The third kappa shape index (κ3) is 3.69. The van der Waals surface area contributed by atoms with Gasteiger partial charge in [-0.25, -0.2) is 0 Å². The van der Waals surface area contributed by atoms with E-state index in [1.54, 1.807) is 0 Å². The number of amides is 1. The van der Waals surface area contributed by atoms with E-state index in [2.05, 4.69) is 10.2 Å². The van der Waals surface area contributed by atoms with Crippen LogP contribution in [-0.2, 0) is 14.3 Å². The largest absolute Gasteiger partial charge is 0.420 e. The average Bonchev–Trinajstić information content (AvgIpc) is 3.33. The van der Waals surface area contributed by atoms with Crippen LogP contribution < -0.4 is 0 Å². The molecule has 150 valence electrons. The fraction of sp³-hybridized carbons (Fsp3) is 0.571. The molecule has 1 unspecified atom stereocenters. The van der Waals surface area contributed by atoms with Crippen molar-refractivity contribution < 1.29 is 18.7 Å². The number of carbonyl (C=O) groups excluding carboxylic acids is 1. The van der Waals surface area contributed by atoms with Gasteiger partial charge in [0.15, 0.2) is 0 Å². The van der Waals surface area contributed by atoms with Crippen LogP contribution >= 0.6 is 0 Å². The summed E-state index contributed by atoms with van der Waals surface area (Å²) in [6, 6.07) is 8.04. The summed E-state index contributed by atoms with van der Waals surface area (Å²) in [5.74, 6) is 1.18. The Morgan fingerprint density at radius 2 is 2.00 bits per heavy atom. The summed E-state index contributed by atoms with van der Waals surface area (Å²) in [6.45, 7) is 7.26. The second-order valence-electron chi connectivity index (χ2n) is 7.75. The van der Waals surface area contributed by atoms with E-state index >= 15 is 0 Å². The number of ether oxygens (including phenoxy) is 2. The number of hydrogen-bond acceptors (Lipinski definition) is 6. The molecule has 2 aliphatic rings. The van der Waals surface area contributed by atoms with Gasteiger partial charge >= 0.3 is 0 Å². The number of carbonyl (C=O) groups is 1. The first kappa shape index (κ1) is 19.1. The maximum Gasteiger partial charge on any atom is 0.248 e. The molecule has 7 heteroatoms. The number of hydrogen-bond donors (Lipinski definition) is 0. The van der Waals surface area contributed by atoms with Gasteiger partial charge in [0, 0.05) is 43.9 Å². The molecule has 28 heavy (non-hydrogen) atoms. The van der Waals surface area contributed by atoms with Gasteiger partial charge in [-0.15, -0.1) is 10.2 Å². The minimum atomic E-state index is -0.0722. The standard InChI is InChI=1S/C21H27N3O4/c1-3-26-13-18(25)24-12-17(21(14-24)8-10-27-11-9-21)20-23-22-19(28-20)16-6-4-15(2)5-7-16/h4-7,17H,3,8-14H2,1-2H3. The number of aryl methyl sites for hydroxylation is 1. The van der Waals surface area contributed by atoms with Gasteiger partial charge in [0.05, 0.1) is 5.92 Å². The Bertz CT molecular complexity index is 811. The Labute approximate surface area is 165 Å². The molecule has 4 rings (SSSR count). The third-order valence-corrected chi connectivity index (χ3v) is 5.96. The lowest BCUT2D eigenvalue weighted by Gasteiger charge is -2.36. The van der Waals surface area contributed by atoms with Crippen LogP contribution in [0.15, 0.2) is 28.7 Å². The number of nitrogens with zero attached hydrogens (tertiary/aromatic N) is 3. The molecule has 0 radical (unpaired) electrons. The molecular weight excluding hydrogens is 358 g/mol. The molecule has 0 bridgehead atoms. The van der Waals surface area contributed by atoms with Crippen LogP contribution in [0.25, 0.3) is 11.5 Å². The first-order chi connectivity index (χ1) is 13.6. The molecular formula is C21H27N3O4. The Kier molecular flexibility index (Phi) is 5.46. The van der Waals surface area contributed by atoms with Crippen molar-refractivity contribution in [3.05, 3.63) is 35.7 Å². The molecule has 1 amide bonds. The Hall–Kier alpha value is -2.25. The van der Waals surface area contributed by atoms with Crippen LogP contribution in [0.1, 0.15) is 37.1 Å². The van der Waals surface area contributed by atoms with Gasteiger partial charge in [0.25, 0.3) is 0 Å². The highest BCUT2D eigenvalue weighted by Gasteiger charge is 2.51. The molecule has 2 aliphatic heterocycles. The van der Waals surface area contributed by atoms with Crippen molar-refractivity contribution in [1.29, 1.82) is 0 Å². The van der Waals surface area contributed by atoms with Crippen LogP contribution in [0.2, 0.25) is 0 Å². The Morgan fingerprint density at radius 3 is 2.71 bits per heavy atom. The first-order valence-corrected chi connectivity index (χ1v) is 9.95. The minimum Gasteiger partial charge on any atom is -0.420 e. The van der Waals surface area contributed by atoms with Gasteiger partial charge in [-0.2, -0.15) is 0 Å². The topological polar surface area (TPSA) is 77.7 Å². The van der Waals surface area contributed by atoms with E-state index in [-0.39, 0.29) is 23.8 Å². The maximum absolute atomic E-state index is 12.6. The first-order valence-electron chi connectivity index (χ1n) is 9.95. The van der Waals surface area contributed by atoms with E-state index in [1.165, 1.54) is 5.56 Å². The van der Waals surface area contributed by atoms with Gasteiger partial charge in [0.2, 0.25) is 17.7 Å². The van der Waals surface area contributed by atoms with Crippen LogP contribution in [0.4, 0.5) is 0 Å². The van der Waals surface area contributed by atoms with Crippen LogP contribution in [-0.4, -0.2) is 60.5 Å². The zero-order valence-corrected chi connectivity index (χ0v) is 16.5. The summed E-state index contributed by atoms with van der Waals surface area (Å²) in [4.78, 5) is 14.5. The quantitative estimate of drug-likeness (QED) is 0.788. The molecule has 1 spiro atoms. The van der Waals surface area contributed by atoms with Gasteiger partial charge in [-0.1, -0.05) is 17.7 Å². The van der Waals surface area contributed by atoms with Crippen molar-refractivity contribution in [1.82, 2.24) is 15.1 Å². The number of rotatable bonds is 5. The van der Waals surface area contributed by atoms with Crippen LogP contribution in [0, 0.1) is 12.3 Å². The lowest BCUT2D eigenvalue weighted by molar-refractivity contribution is -0.135. The molecule has 2 aromatic rings. The summed E-state index contributed by atoms with van der Waals surface area (Å²) in [5, 5.41) is 8.66. The minimum absolute atomic E-state index is 0.0218. The zero-order chi connectivity index (χ0) is 19.6.